The third-order valence-electron chi connectivity index (χ3n) is 3.40. The average Bonchev–Trinajstić information content (AvgIpc) is 2.99. The van der Waals surface area contributed by atoms with E-state index >= 15 is 0 Å². The highest BCUT2D eigenvalue weighted by atomic mass is 35.5. The highest BCUT2D eigenvalue weighted by molar-refractivity contribution is 7.92. The molecule has 130 valence electrons. The van der Waals surface area contributed by atoms with Crippen LogP contribution >= 0.6 is 23.2 Å². The number of anilines is 1. The van der Waals surface area contributed by atoms with Gasteiger partial charge in [0.05, 0.1) is 27.6 Å². The van der Waals surface area contributed by atoms with E-state index < -0.39 is 16.0 Å². The second kappa shape index (κ2) is 6.55. The maximum absolute atomic E-state index is 12.5. The molecule has 10 heteroatoms. The van der Waals surface area contributed by atoms with Crippen molar-refractivity contribution in [1.82, 2.24) is 10.2 Å². The number of aromatic nitrogens is 2. The number of benzene rings is 2. The van der Waals surface area contributed by atoms with Crippen LogP contribution in [0.1, 0.15) is 10.5 Å². The van der Waals surface area contributed by atoms with Gasteiger partial charge in [-0.15, -0.1) is 0 Å². The molecule has 2 N–H and O–H groups in total. The van der Waals surface area contributed by atoms with Crippen LogP contribution in [0.25, 0.3) is 10.9 Å². The number of sulfonamides is 1. The Bertz CT molecular complexity index is 1080. The van der Waals surface area contributed by atoms with Crippen molar-refractivity contribution in [3.63, 3.8) is 0 Å². The number of ether oxygens (including phenoxy) is 1. The molecule has 3 rings (SSSR count). The van der Waals surface area contributed by atoms with E-state index in [0.29, 0.717) is 10.9 Å². The zero-order valence-electron chi connectivity index (χ0n) is 12.7. The minimum Gasteiger partial charge on any atom is -0.464 e. The normalized spacial score (nSPS) is 11.5. The van der Waals surface area contributed by atoms with Crippen LogP contribution in [0.5, 0.6) is 0 Å². The zero-order valence-corrected chi connectivity index (χ0v) is 15.0. The van der Waals surface area contributed by atoms with Gasteiger partial charge in [0.25, 0.3) is 10.0 Å². The van der Waals surface area contributed by atoms with Crippen LogP contribution in [0, 0.1) is 0 Å². The first kappa shape index (κ1) is 17.5. The van der Waals surface area contributed by atoms with Gasteiger partial charge in [0.15, 0.2) is 5.69 Å². The van der Waals surface area contributed by atoms with Crippen molar-refractivity contribution in [2.75, 3.05) is 11.8 Å². The van der Waals surface area contributed by atoms with Crippen LogP contribution in [0.2, 0.25) is 10.0 Å². The molecule has 0 saturated carbocycles. The lowest BCUT2D eigenvalue weighted by Crippen LogP contribution is -2.13. The van der Waals surface area contributed by atoms with Crippen LogP contribution in [0.15, 0.2) is 41.3 Å². The van der Waals surface area contributed by atoms with E-state index in [1.165, 1.54) is 37.4 Å². The van der Waals surface area contributed by atoms with E-state index in [1.54, 1.807) is 6.07 Å². The SMILES string of the molecule is COC(=O)c1n[nH]c2ccc(NS(=O)(=O)c3ccc(Cl)c(Cl)c3)cc12. The quantitative estimate of drug-likeness (QED) is 0.654. The Morgan fingerprint density at radius 3 is 2.60 bits per heavy atom. The summed E-state index contributed by atoms with van der Waals surface area (Å²) in [6, 6.07) is 8.61. The van der Waals surface area contributed by atoms with Gasteiger partial charge in [-0.3, -0.25) is 9.82 Å². The van der Waals surface area contributed by atoms with E-state index in [4.69, 9.17) is 23.2 Å². The molecule has 2 aromatic carbocycles. The van der Waals surface area contributed by atoms with Crippen molar-refractivity contribution >= 4 is 55.8 Å². The molecule has 1 heterocycles. The number of fused-ring (bicyclic) bond motifs is 1. The first-order chi connectivity index (χ1) is 11.8. The Morgan fingerprint density at radius 1 is 1.16 bits per heavy atom. The van der Waals surface area contributed by atoms with Crippen molar-refractivity contribution < 1.29 is 17.9 Å². The first-order valence-corrected chi connectivity index (χ1v) is 9.10. The van der Waals surface area contributed by atoms with E-state index in [0.717, 1.165) is 0 Å². The smallest absolute Gasteiger partial charge is 0.359 e. The summed E-state index contributed by atoms with van der Waals surface area (Å²) in [5.74, 6) is -0.629. The third-order valence-corrected chi connectivity index (χ3v) is 5.51. The number of methoxy groups -OCH3 is 1. The molecule has 0 bridgehead atoms. The predicted molar refractivity (Wildman–Crippen MR) is 94.7 cm³/mol. The zero-order chi connectivity index (χ0) is 18.2. The molecule has 0 unspecified atom stereocenters. The first-order valence-electron chi connectivity index (χ1n) is 6.86. The van der Waals surface area contributed by atoms with E-state index in [1.807, 2.05) is 0 Å². The molecule has 25 heavy (non-hydrogen) atoms. The number of carbonyl (C=O) groups is 1. The van der Waals surface area contributed by atoms with Gasteiger partial charge in [-0.05, 0) is 36.4 Å². The van der Waals surface area contributed by atoms with Gasteiger partial charge in [0, 0.05) is 11.1 Å². The number of nitrogens with one attached hydrogen (secondary N) is 2. The number of H-pyrrole nitrogens is 1. The number of carbonyl (C=O) groups excluding carboxylic acids is 1. The van der Waals surface area contributed by atoms with Gasteiger partial charge in [-0.25, -0.2) is 13.2 Å². The molecule has 7 nitrogen and oxygen atoms in total. The topological polar surface area (TPSA) is 101 Å². The molecule has 0 radical (unpaired) electrons. The third kappa shape index (κ3) is 3.41. The minimum atomic E-state index is -3.88. The second-order valence-electron chi connectivity index (χ2n) is 5.01. The summed E-state index contributed by atoms with van der Waals surface area (Å²) in [5, 5.41) is 7.37. The number of hydrogen-bond donors (Lipinski definition) is 2. The lowest BCUT2D eigenvalue weighted by Gasteiger charge is -2.09. The molecular weight excluding hydrogens is 389 g/mol. The van der Waals surface area contributed by atoms with Gasteiger partial charge in [0.1, 0.15) is 0 Å². The summed E-state index contributed by atoms with van der Waals surface area (Å²) >= 11 is 11.7. The summed E-state index contributed by atoms with van der Waals surface area (Å²) < 4.78 is 32.0. The molecule has 0 amide bonds. The standard InChI is InChI=1S/C15H11Cl2N3O4S/c1-24-15(21)14-10-6-8(2-5-13(10)18-19-14)20-25(22,23)9-3-4-11(16)12(17)7-9/h2-7,20H,1H3,(H,18,19). The lowest BCUT2D eigenvalue weighted by atomic mass is 10.2. The number of esters is 1. The number of aromatic amines is 1. The molecule has 0 saturated heterocycles. The molecule has 3 aromatic rings. The summed E-state index contributed by atoms with van der Waals surface area (Å²) in [7, 11) is -2.65. The number of rotatable bonds is 4. The van der Waals surface area contributed by atoms with Crippen molar-refractivity contribution in [1.29, 1.82) is 0 Å². The Kier molecular flexibility index (Phi) is 4.59. The van der Waals surface area contributed by atoms with Gasteiger partial charge in [-0.2, -0.15) is 5.10 Å². The summed E-state index contributed by atoms with van der Waals surface area (Å²) in [5.41, 5.74) is 0.885. The second-order valence-corrected chi connectivity index (χ2v) is 7.50. The van der Waals surface area contributed by atoms with E-state index in [-0.39, 0.29) is 26.3 Å². The summed E-state index contributed by atoms with van der Waals surface area (Å²) in [4.78, 5) is 11.7. The van der Waals surface area contributed by atoms with Crippen LogP contribution in [-0.2, 0) is 14.8 Å². The molecule has 0 aliphatic heterocycles. The maximum atomic E-state index is 12.5. The van der Waals surface area contributed by atoms with Crippen molar-refractivity contribution in [3.8, 4) is 0 Å². The molecule has 1 aromatic heterocycles. The average molecular weight is 400 g/mol. The van der Waals surface area contributed by atoms with Crippen molar-refractivity contribution in [2.24, 2.45) is 0 Å². The lowest BCUT2D eigenvalue weighted by molar-refractivity contribution is 0.0596. The molecule has 0 spiro atoms. The highest BCUT2D eigenvalue weighted by Gasteiger charge is 2.18. The maximum Gasteiger partial charge on any atom is 0.359 e. The van der Waals surface area contributed by atoms with Crippen LogP contribution in [0.4, 0.5) is 5.69 Å². The van der Waals surface area contributed by atoms with Crippen molar-refractivity contribution in [3.05, 3.63) is 52.1 Å². The Hall–Kier alpha value is -2.29. The fourth-order valence-electron chi connectivity index (χ4n) is 2.19. The fraction of sp³-hybridized carbons (Fsp3) is 0.0667. The number of nitrogens with zero attached hydrogens (tertiary/aromatic N) is 1. The Balaban J connectivity index is 1.99. The molecule has 0 aliphatic carbocycles. The minimum absolute atomic E-state index is 0.0395. The largest absolute Gasteiger partial charge is 0.464 e. The van der Waals surface area contributed by atoms with Crippen LogP contribution < -0.4 is 4.72 Å². The molecule has 0 aliphatic rings. The van der Waals surface area contributed by atoms with Gasteiger partial charge < -0.3 is 4.74 Å². The Labute approximate surface area is 152 Å². The number of hydrogen-bond acceptors (Lipinski definition) is 5. The van der Waals surface area contributed by atoms with Gasteiger partial charge >= 0.3 is 5.97 Å². The summed E-state index contributed by atoms with van der Waals surface area (Å²) in [6.45, 7) is 0. The van der Waals surface area contributed by atoms with E-state index in [9.17, 15) is 13.2 Å². The van der Waals surface area contributed by atoms with Crippen molar-refractivity contribution in [2.45, 2.75) is 4.90 Å². The highest BCUT2D eigenvalue weighted by Crippen LogP contribution is 2.27. The van der Waals surface area contributed by atoms with Gasteiger partial charge in [-0.1, -0.05) is 23.2 Å². The summed E-state index contributed by atoms with van der Waals surface area (Å²) in [6.07, 6.45) is 0. The fourth-order valence-corrected chi connectivity index (χ4v) is 3.63. The molecular formula is C15H11Cl2N3O4S. The molecule has 0 atom stereocenters. The van der Waals surface area contributed by atoms with E-state index in [2.05, 4.69) is 19.7 Å². The predicted octanol–water partition coefficient (Wildman–Crippen LogP) is 3.46. The molecule has 0 fully saturated rings. The van der Waals surface area contributed by atoms with Gasteiger partial charge in [0.2, 0.25) is 0 Å². The van der Waals surface area contributed by atoms with Crippen LogP contribution in [-0.4, -0.2) is 31.7 Å². The Morgan fingerprint density at radius 2 is 1.92 bits per heavy atom. The number of halogens is 2. The monoisotopic (exact) mass is 399 g/mol. The van der Waals surface area contributed by atoms with Crippen LogP contribution in [0.3, 0.4) is 0 Å².